The molecule has 3 aromatic rings. The lowest BCUT2D eigenvalue weighted by Gasteiger charge is -2.08. The van der Waals surface area contributed by atoms with Crippen molar-refractivity contribution in [2.24, 2.45) is 0 Å². The Morgan fingerprint density at radius 3 is 2.95 bits per heavy atom. The van der Waals surface area contributed by atoms with Crippen LogP contribution >= 0.6 is 27.3 Å². The molecule has 0 aliphatic rings. The number of halogens is 1. The molecule has 7 heteroatoms. The van der Waals surface area contributed by atoms with Crippen molar-refractivity contribution >= 4 is 33.0 Å². The number of benzene rings is 1. The summed E-state index contributed by atoms with van der Waals surface area (Å²) in [5.41, 5.74) is 1.99. The third-order valence-corrected chi connectivity index (χ3v) is 4.79. The first-order valence-electron chi connectivity index (χ1n) is 6.05. The number of aryl methyl sites for hydroxylation is 1. The van der Waals surface area contributed by atoms with Gasteiger partial charge in [0.1, 0.15) is 0 Å². The minimum Gasteiger partial charge on any atom is -0.380 e. The van der Waals surface area contributed by atoms with Crippen LogP contribution in [0.5, 0.6) is 0 Å². The molecule has 0 saturated heterocycles. The van der Waals surface area contributed by atoms with Crippen molar-refractivity contribution in [1.82, 2.24) is 20.2 Å². The fourth-order valence-electron chi connectivity index (χ4n) is 1.85. The summed E-state index contributed by atoms with van der Waals surface area (Å²) in [6.45, 7) is 2.67. The molecule has 0 aliphatic heterocycles. The molecule has 0 bridgehead atoms. The average Bonchev–Trinajstić information content (AvgIpc) is 3.05. The Labute approximate surface area is 128 Å². The zero-order valence-corrected chi connectivity index (χ0v) is 13.1. The zero-order valence-electron chi connectivity index (χ0n) is 10.7. The van der Waals surface area contributed by atoms with E-state index in [2.05, 4.69) is 48.2 Å². The van der Waals surface area contributed by atoms with Crippen LogP contribution in [0.2, 0.25) is 0 Å². The number of nitrogens with zero attached hydrogens (tertiary/aromatic N) is 4. The molecule has 0 atom stereocenters. The molecule has 0 saturated carbocycles. The molecule has 0 spiro atoms. The van der Waals surface area contributed by atoms with Gasteiger partial charge in [-0.1, -0.05) is 6.07 Å². The van der Waals surface area contributed by atoms with Crippen molar-refractivity contribution in [2.75, 3.05) is 5.32 Å². The molecular formula is C13H12BrN5S. The van der Waals surface area contributed by atoms with E-state index >= 15 is 0 Å². The molecule has 102 valence electrons. The molecule has 0 amide bonds. The van der Waals surface area contributed by atoms with Crippen LogP contribution in [0.15, 0.2) is 40.2 Å². The smallest absolute Gasteiger partial charge is 0.153 e. The van der Waals surface area contributed by atoms with Crippen LogP contribution in [-0.2, 0) is 6.54 Å². The van der Waals surface area contributed by atoms with Crippen molar-refractivity contribution in [2.45, 2.75) is 13.5 Å². The van der Waals surface area contributed by atoms with Crippen LogP contribution in [0.1, 0.15) is 10.7 Å². The monoisotopic (exact) mass is 349 g/mol. The Morgan fingerprint density at radius 2 is 2.25 bits per heavy atom. The largest absolute Gasteiger partial charge is 0.380 e. The number of hydrogen-bond donors (Lipinski definition) is 1. The van der Waals surface area contributed by atoms with Gasteiger partial charge in [-0.15, -0.1) is 16.4 Å². The first-order valence-corrected chi connectivity index (χ1v) is 7.72. The van der Waals surface area contributed by atoms with E-state index in [0.29, 0.717) is 0 Å². The van der Waals surface area contributed by atoms with E-state index in [-0.39, 0.29) is 0 Å². The molecule has 1 aromatic carbocycles. The molecular weight excluding hydrogens is 338 g/mol. The van der Waals surface area contributed by atoms with E-state index in [1.54, 1.807) is 16.0 Å². The SMILES string of the molecule is Cc1nnnn1-c1cccc(NCc2sccc2Br)c1. The molecule has 0 aliphatic carbocycles. The summed E-state index contributed by atoms with van der Waals surface area (Å²) in [6.07, 6.45) is 0. The van der Waals surface area contributed by atoms with Crippen LogP contribution in [0, 0.1) is 6.92 Å². The van der Waals surface area contributed by atoms with Crippen molar-refractivity contribution < 1.29 is 0 Å². The number of tetrazole rings is 1. The molecule has 3 rings (SSSR count). The van der Waals surface area contributed by atoms with Gasteiger partial charge in [0, 0.05) is 15.0 Å². The second kappa shape index (κ2) is 5.72. The Hall–Kier alpha value is -1.73. The van der Waals surface area contributed by atoms with E-state index in [1.165, 1.54) is 4.88 Å². The topological polar surface area (TPSA) is 55.6 Å². The average molecular weight is 350 g/mol. The minimum absolute atomic E-state index is 0.767. The van der Waals surface area contributed by atoms with Crippen molar-refractivity contribution in [3.63, 3.8) is 0 Å². The third kappa shape index (κ3) is 2.73. The molecule has 1 N–H and O–H groups in total. The Morgan fingerprint density at radius 1 is 1.35 bits per heavy atom. The number of aromatic nitrogens is 4. The molecule has 2 aromatic heterocycles. The molecule has 5 nitrogen and oxygen atoms in total. The van der Waals surface area contributed by atoms with Crippen LogP contribution in [-0.4, -0.2) is 20.2 Å². The predicted octanol–water partition coefficient (Wildman–Crippen LogP) is 3.41. The van der Waals surface area contributed by atoms with Gasteiger partial charge in [0.2, 0.25) is 0 Å². The van der Waals surface area contributed by atoms with Crippen molar-refractivity contribution in [3.05, 3.63) is 50.9 Å². The molecule has 0 radical (unpaired) electrons. The predicted molar refractivity (Wildman–Crippen MR) is 83.2 cm³/mol. The Kier molecular flexibility index (Phi) is 3.79. The normalized spacial score (nSPS) is 10.7. The number of rotatable bonds is 4. The number of thiophene rings is 1. The van der Waals surface area contributed by atoms with Gasteiger partial charge in [0.25, 0.3) is 0 Å². The van der Waals surface area contributed by atoms with Gasteiger partial charge in [-0.2, -0.15) is 4.68 Å². The summed E-state index contributed by atoms with van der Waals surface area (Å²) in [7, 11) is 0. The van der Waals surface area contributed by atoms with E-state index in [9.17, 15) is 0 Å². The van der Waals surface area contributed by atoms with Gasteiger partial charge in [-0.05, 0) is 62.9 Å². The van der Waals surface area contributed by atoms with Gasteiger partial charge in [-0.25, -0.2) is 0 Å². The van der Waals surface area contributed by atoms with Crippen LogP contribution in [0.25, 0.3) is 5.69 Å². The lowest BCUT2D eigenvalue weighted by molar-refractivity contribution is 0.779. The zero-order chi connectivity index (χ0) is 13.9. The van der Waals surface area contributed by atoms with E-state index in [0.717, 1.165) is 28.2 Å². The second-order valence-electron chi connectivity index (χ2n) is 4.23. The third-order valence-electron chi connectivity index (χ3n) is 2.86. The van der Waals surface area contributed by atoms with E-state index in [1.807, 2.05) is 31.2 Å². The lowest BCUT2D eigenvalue weighted by atomic mass is 10.2. The van der Waals surface area contributed by atoms with Crippen molar-refractivity contribution in [1.29, 1.82) is 0 Å². The van der Waals surface area contributed by atoms with Gasteiger partial charge < -0.3 is 5.32 Å². The summed E-state index contributed by atoms with van der Waals surface area (Å²) in [5, 5.41) is 17.0. The Bertz CT molecular complexity index is 721. The van der Waals surface area contributed by atoms with Crippen LogP contribution < -0.4 is 5.32 Å². The van der Waals surface area contributed by atoms with Gasteiger partial charge in [0.05, 0.1) is 12.2 Å². The summed E-state index contributed by atoms with van der Waals surface area (Å²) in [6, 6.07) is 10.1. The second-order valence-corrected chi connectivity index (χ2v) is 6.09. The van der Waals surface area contributed by atoms with Gasteiger partial charge >= 0.3 is 0 Å². The highest BCUT2D eigenvalue weighted by atomic mass is 79.9. The standard InChI is InChI=1S/C13H12BrN5S/c1-9-16-17-18-19(9)11-4-2-3-10(7-11)15-8-13-12(14)5-6-20-13/h2-7,15H,8H2,1H3. The first-order chi connectivity index (χ1) is 9.74. The molecule has 0 fully saturated rings. The maximum Gasteiger partial charge on any atom is 0.153 e. The van der Waals surface area contributed by atoms with Crippen molar-refractivity contribution in [3.8, 4) is 5.69 Å². The number of anilines is 1. The lowest BCUT2D eigenvalue weighted by Crippen LogP contribution is -2.02. The maximum atomic E-state index is 3.97. The fourth-order valence-corrected chi connectivity index (χ4v) is 3.28. The number of hydrogen-bond acceptors (Lipinski definition) is 5. The number of nitrogens with one attached hydrogen (secondary N) is 1. The van der Waals surface area contributed by atoms with E-state index < -0.39 is 0 Å². The van der Waals surface area contributed by atoms with Gasteiger partial charge in [0.15, 0.2) is 5.82 Å². The summed E-state index contributed by atoms with van der Waals surface area (Å²) >= 11 is 5.26. The highest BCUT2D eigenvalue weighted by molar-refractivity contribution is 9.10. The molecule has 2 heterocycles. The van der Waals surface area contributed by atoms with E-state index in [4.69, 9.17) is 0 Å². The highest BCUT2D eigenvalue weighted by Gasteiger charge is 2.05. The first kappa shape index (κ1) is 13.3. The summed E-state index contributed by atoms with van der Waals surface area (Å²) in [5.74, 6) is 0.767. The molecule has 0 unspecified atom stereocenters. The Balaban J connectivity index is 1.78. The minimum atomic E-state index is 0.767. The molecule has 20 heavy (non-hydrogen) atoms. The fraction of sp³-hybridized carbons (Fsp3) is 0.154. The van der Waals surface area contributed by atoms with Crippen LogP contribution in [0.3, 0.4) is 0 Å². The van der Waals surface area contributed by atoms with Gasteiger partial charge in [-0.3, -0.25) is 0 Å². The van der Waals surface area contributed by atoms with Crippen LogP contribution in [0.4, 0.5) is 5.69 Å². The maximum absolute atomic E-state index is 3.97. The summed E-state index contributed by atoms with van der Waals surface area (Å²) < 4.78 is 2.86. The highest BCUT2D eigenvalue weighted by Crippen LogP contribution is 2.24. The summed E-state index contributed by atoms with van der Waals surface area (Å²) in [4.78, 5) is 1.27. The quantitative estimate of drug-likeness (QED) is 0.784.